The number of nitrogens with one attached hydrogen (secondary N) is 2. The summed E-state index contributed by atoms with van der Waals surface area (Å²) in [4.78, 5) is 43.2. The van der Waals surface area contributed by atoms with Crippen molar-refractivity contribution in [3.63, 3.8) is 0 Å². The van der Waals surface area contributed by atoms with E-state index in [9.17, 15) is 19.5 Å². The number of carbonyl (C=O) groups is 3. The van der Waals surface area contributed by atoms with E-state index in [0.717, 1.165) is 24.9 Å². The van der Waals surface area contributed by atoms with Crippen LogP contribution in [-0.4, -0.2) is 59.6 Å². The Morgan fingerprint density at radius 3 is 2.58 bits per heavy atom. The van der Waals surface area contributed by atoms with E-state index in [1.807, 2.05) is 18.0 Å². The molecule has 0 aromatic heterocycles. The molecule has 3 N–H and O–H groups in total. The summed E-state index contributed by atoms with van der Waals surface area (Å²) in [7, 11) is 1.92. The van der Waals surface area contributed by atoms with E-state index in [1.165, 1.54) is 6.92 Å². The molecule has 8 nitrogen and oxygen atoms in total. The first-order valence-electron chi connectivity index (χ1n) is 8.61. The highest BCUT2D eigenvalue weighted by atomic mass is 16.7. The van der Waals surface area contributed by atoms with Gasteiger partial charge in [0.1, 0.15) is 12.3 Å². The summed E-state index contributed by atoms with van der Waals surface area (Å²) in [6.07, 6.45) is 1.80. The van der Waals surface area contributed by atoms with Crippen LogP contribution in [0.3, 0.4) is 0 Å². The molecule has 8 heteroatoms. The number of amides is 1. The van der Waals surface area contributed by atoms with Crippen LogP contribution in [0.2, 0.25) is 0 Å². The predicted molar refractivity (Wildman–Crippen MR) is 94.1 cm³/mol. The fraction of sp³-hybridized carbons (Fsp3) is 0.500. The average Bonchev–Trinajstić information content (AvgIpc) is 3.04. The molecule has 1 aliphatic rings. The number of carbonyl (C=O) groups excluding carboxylic acids is 2. The fourth-order valence-corrected chi connectivity index (χ4v) is 2.74. The van der Waals surface area contributed by atoms with Gasteiger partial charge in [-0.25, -0.2) is 4.79 Å². The molecule has 2 rings (SSSR count). The summed E-state index contributed by atoms with van der Waals surface area (Å²) in [5, 5.41) is 11.6. The van der Waals surface area contributed by atoms with Crippen molar-refractivity contribution in [2.75, 3.05) is 13.6 Å². The summed E-state index contributed by atoms with van der Waals surface area (Å²) in [5.74, 6) is -2.92. The molecule has 1 saturated heterocycles. The molecule has 26 heavy (non-hydrogen) atoms. The van der Waals surface area contributed by atoms with Crippen LogP contribution in [0.25, 0.3) is 0 Å². The summed E-state index contributed by atoms with van der Waals surface area (Å²) in [5.41, 5.74) is 3.34. The van der Waals surface area contributed by atoms with Crippen LogP contribution >= 0.6 is 0 Å². The summed E-state index contributed by atoms with van der Waals surface area (Å²) >= 11 is 0. The van der Waals surface area contributed by atoms with Gasteiger partial charge in [0.25, 0.3) is 5.91 Å². The minimum atomic E-state index is -1.19. The van der Waals surface area contributed by atoms with Gasteiger partial charge in [-0.2, -0.15) is 5.48 Å². The molecule has 1 fully saturated rings. The third kappa shape index (κ3) is 5.62. The Labute approximate surface area is 152 Å². The molecular weight excluding hydrogens is 338 g/mol. The summed E-state index contributed by atoms with van der Waals surface area (Å²) in [6, 6.07) is 6.85. The number of carboxylic acid groups (broad SMARTS) is 1. The molecule has 1 heterocycles. The van der Waals surface area contributed by atoms with E-state index >= 15 is 0 Å². The number of nitrogens with zero attached hydrogens (tertiary/aromatic N) is 1. The van der Waals surface area contributed by atoms with Crippen molar-refractivity contribution in [1.29, 1.82) is 0 Å². The van der Waals surface area contributed by atoms with Crippen LogP contribution in [0.5, 0.6) is 0 Å². The van der Waals surface area contributed by atoms with Crippen molar-refractivity contribution in [2.45, 2.75) is 44.5 Å². The van der Waals surface area contributed by atoms with Crippen molar-refractivity contribution in [3.05, 3.63) is 35.9 Å². The largest absolute Gasteiger partial charge is 0.480 e. The lowest BCUT2D eigenvalue weighted by Gasteiger charge is -2.22. The zero-order valence-electron chi connectivity index (χ0n) is 15.0. The Bertz CT molecular complexity index is 637. The maximum atomic E-state index is 12.2. The Hall–Kier alpha value is -2.29. The minimum Gasteiger partial charge on any atom is -0.480 e. The molecule has 3 atom stereocenters. The SMILES string of the molecule is CC(NOC1CCCN1C)C(=O)C(=O)NC(Cc1ccccc1)C(=O)O. The number of likely N-dealkylation sites (tertiary alicyclic amines) is 1. The van der Waals surface area contributed by atoms with E-state index in [2.05, 4.69) is 10.8 Å². The highest BCUT2D eigenvalue weighted by Crippen LogP contribution is 2.14. The van der Waals surface area contributed by atoms with Gasteiger partial charge in [-0.15, -0.1) is 0 Å². The van der Waals surface area contributed by atoms with Gasteiger partial charge in [0.2, 0.25) is 5.78 Å². The monoisotopic (exact) mass is 363 g/mol. The van der Waals surface area contributed by atoms with Gasteiger partial charge in [-0.05, 0) is 32.4 Å². The molecular formula is C18H25N3O5. The number of Topliss-reactive ketones (excluding diaryl/α,β-unsaturated/α-hetero) is 1. The van der Waals surface area contributed by atoms with Crippen LogP contribution in [-0.2, 0) is 25.6 Å². The molecule has 0 radical (unpaired) electrons. The summed E-state index contributed by atoms with van der Waals surface area (Å²) in [6.45, 7) is 2.42. The molecule has 1 aliphatic heterocycles. The zero-order chi connectivity index (χ0) is 19.1. The Balaban J connectivity index is 1.86. The van der Waals surface area contributed by atoms with E-state index in [4.69, 9.17) is 4.84 Å². The molecule has 1 amide bonds. The fourth-order valence-electron chi connectivity index (χ4n) is 2.74. The number of rotatable bonds is 9. The smallest absolute Gasteiger partial charge is 0.326 e. The zero-order valence-corrected chi connectivity index (χ0v) is 15.0. The second-order valence-corrected chi connectivity index (χ2v) is 6.45. The van der Waals surface area contributed by atoms with E-state index in [-0.39, 0.29) is 12.6 Å². The quantitative estimate of drug-likeness (QED) is 0.429. The van der Waals surface area contributed by atoms with Crippen molar-refractivity contribution in [3.8, 4) is 0 Å². The van der Waals surface area contributed by atoms with Crippen LogP contribution in [0, 0.1) is 0 Å². The molecule has 1 aromatic carbocycles. The molecule has 0 aliphatic carbocycles. The number of hydroxylamine groups is 1. The van der Waals surface area contributed by atoms with Gasteiger partial charge in [0.05, 0.1) is 6.04 Å². The third-order valence-electron chi connectivity index (χ3n) is 4.34. The first-order valence-corrected chi connectivity index (χ1v) is 8.61. The lowest BCUT2D eigenvalue weighted by atomic mass is 10.1. The van der Waals surface area contributed by atoms with Gasteiger partial charge in [0, 0.05) is 13.0 Å². The number of aliphatic carboxylic acids is 1. The second kappa shape index (κ2) is 9.42. The van der Waals surface area contributed by atoms with E-state index in [0.29, 0.717) is 0 Å². The molecule has 142 valence electrons. The molecule has 0 bridgehead atoms. The second-order valence-electron chi connectivity index (χ2n) is 6.45. The van der Waals surface area contributed by atoms with Gasteiger partial charge in [0.15, 0.2) is 0 Å². The highest BCUT2D eigenvalue weighted by molar-refractivity contribution is 6.38. The number of hydrogen-bond acceptors (Lipinski definition) is 6. The number of ketones is 1. The van der Waals surface area contributed by atoms with Crippen LogP contribution in [0.4, 0.5) is 0 Å². The van der Waals surface area contributed by atoms with Gasteiger partial charge in [-0.3, -0.25) is 19.3 Å². The Morgan fingerprint density at radius 2 is 2.00 bits per heavy atom. The lowest BCUT2D eigenvalue weighted by molar-refractivity contribution is -0.148. The Kier molecular flexibility index (Phi) is 7.26. The molecule has 0 saturated carbocycles. The van der Waals surface area contributed by atoms with Crippen molar-refractivity contribution in [2.24, 2.45) is 0 Å². The van der Waals surface area contributed by atoms with Crippen molar-refractivity contribution < 1.29 is 24.3 Å². The van der Waals surface area contributed by atoms with Crippen molar-refractivity contribution in [1.82, 2.24) is 15.7 Å². The van der Waals surface area contributed by atoms with E-state index < -0.39 is 29.7 Å². The lowest BCUT2D eigenvalue weighted by Crippen LogP contribution is -2.50. The first-order chi connectivity index (χ1) is 12.4. The topological polar surface area (TPSA) is 108 Å². The maximum Gasteiger partial charge on any atom is 0.326 e. The van der Waals surface area contributed by atoms with Crippen LogP contribution < -0.4 is 10.8 Å². The average molecular weight is 363 g/mol. The summed E-state index contributed by atoms with van der Waals surface area (Å²) < 4.78 is 0. The van der Waals surface area contributed by atoms with Gasteiger partial charge >= 0.3 is 5.97 Å². The predicted octanol–water partition coefficient (Wildman–Crippen LogP) is 0.329. The maximum absolute atomic E-state index is 12.2. The molecule has 0 spiro atoms. The standard InChI is InChI=1S/C18H25N3O5/c1-12(20-26-15-9-6-10-21(15)2)16(22)17(23)19-14(18(24)25)11-13-7-4-3-5-8-13/h3-5,7-8,12,14-15,20H,6,9-11H2,1-2H3,(H,19,23)(H,24,25). The normalized spacial score (nSPS) is 19.7. The highest BCUT2D eigenvalue weighted by Gasteiger charge is 2.29. The van der Waals surface area contributed by atoms with Gasteiger partial charge < -0.3 is 10.4 Å². The number of benzene rings is 1. The van der Waals surface area contributed by atoms with E-state index in [1.54, 1.807) is 24.3 Å². The number of hydrogen-bond donors (Lipinski definition) is 3. The Morgan fingerprint density at radius 1 is 1.31 bits per heavy atom. The first kappa shape index (κ1) is 20.0. The van der Waals surface area contributed by atoms with Crippen LogP contribution in [0.15, 0.2) is 30.3 Å². The van der Waals surface area contributed by atoms with Crippen molar-refractivity contribution >= 4 is 17.7 Å². The minimum absolute atomic E-state index is 0.0976. The van der Waals surface area contributed by atoms with Crippen LogP contribution in [0.1, 0.15) is 25.3 Å². The molecule has 3 unspecified atom stereocenters. The number of carboxylic acids is 1. The third-order valence-corrected chi connectivity index (χ3v) is 4.34. The molecule has 1 aromatic rings. The van der Waals surface area contributed by atoms with Gasteiger partial charge in [-0.1, -0.05) is 30.3 Å².